The van der Waals surface area contributed by atoms with E-state index in [4.69, 9.17) is 14.0 Å². The van der Waals surface area contributed by atoms with Crippen LogP contribution in [-0.4, -0.2) is 29.8 Å². The van der Waals surface area contributed by atoms with Crippen molar-refractivity contribution in [3.63, 3.8) is 0 Å². The summed E-state index contributed by atoms with van der Waals surface area (Å²) in [6, 6.07) is 21.0. The Kier molecular flexibility index (Phi) is 6.62. The predicted octanol–water partition coefficient (Wildman–Crippen LogP) is 4.46. The summed E-state index contributed by atoms with van der Waals surface area (Å²) >= 11 is 0. The molecule has 0 radical (unpaired) electrons. The number of ether oxygens (including phenoxy) is 2. The van der Waals surface area contributed by atoms with Gasteiger partial charge in [-0.2, -0.15) is 0 Å². The van der Waals surface area contributed by atoms with E-state index in [9.17, 15) is 4.21 Å². The maximum Gasteiger partial charge on any atom is 0.126 e. The number of rotatable bonds is 8. The fourth-order valence-electron chi connectivity index (χ4n) is 2.72. The maximum atomic E-state index is 13.0. The standard InChI is InChI=1S/C20H21O4PS.H2/c1-22-19-11-5-10-18-17(19)9-6-12-20(18)26(21)14-16(24-25)13-23-15-7-3-2-4-8-15;/h2-12,16H,13-14,25H2,1H3;1H/i;1+2. The average molecular weight is 392 g/mol. The number of fused-ring (bicyclic) bond motifs is 1. The lowest BCUT2D eigenvalue weighted by atomic mass is 10.1. The van der Waals surface area contributed by atoms with E-state index in [1.807, 2.05) is 66.7 Å². The first-order valence-electron chi connectivity index (χ1n) is 8.20. The van der Waals surface area contributed by atoms with Gasteiger partial charge < -0.3 is 14.0 Å². The zero-order chi connectivity index (χ0) is 18.4. The molecule has 4 nitrogen and oxygen atoms in total. The second-order valence-corrected chi connectivity index (χ2v) is 7.44. The van der Waals surface area contributed by atoms with Crippen LogP contribution in [0.2, 0.25) is 0 Å². The van der Waals surface area contributed by atoms with Crippen molar-refractivity contribution in [2.75, 3.05) is 19.5 Å². The minimum atomic E-state index is -1.23. The normalized spacial score (nSPS) is 13.3. The molecule has 3 rings (SSSR count). The van der Waals surface area contributed by atoms with E-state index in [1.54, 1.807) is 7.11 Å². The van der Waals surface area contributed by atoms with Crippen molar-refractivity contribution in [1.29, 1.82) is 0 Å². The first kappa shape index (κ1) is 18.8. The summed E-state index contributed by atoms with van der Waals surface area (Å²) in [5.41, 5.74) is 0. The van der Waals surface area contributed by atoms with Crippen LogP contribution in [0.25, 0.3) is 10.8 Å². The van der Waals surface area contributed by atoms with Crippen LogP contribution in [0.15, 0.2) is 71.6 Å². The van der Waals surface area contributed by atoms with Gasteiger partial charge in [0.25, 0.3) is 0 Å². The van der Waals surface area contributed by atoms with Gasteiger partial charge >= 0.3 is 0 Å². The van der Waals surface area contributed by atoms with Gasteiger partial charge in [0, 0.05) is 26.6 Å². The Bertz CT molecular complexity index is 892. The topological polar surface area (TPSA) is 44.8 Å². The molecule has 0 bridgehead atoms. The van der Waals surface area contributed by atoms with Crippen molar-refractivity contribution in [3.05, 3.63) is 66.7 Å². The molecule has 3 aromatic carbocycles. The molecule has 3 aromatic rings. The molecule has 0 spiro atoms. The fraction of sp³-hybridized carbons (Fsp3) is 0.200. The SMILES string of the molecule is COc1cccc2c(S(=O)CC(COc3ccccc3)OP)cccc12.[3HH]. The third-order valence-corrected chi connectivity index (χ3v) is 5.92. The molecule has 3 unspecified atom stereocenters. The summed E-state index contributed by atoms with van der Waals surface area (Å²) in [6.45, 7) is 0.327. The van der Waals surface area contributed by atoms with E-state index in [-0.39, 0.29) is 7.53 Å². The first-order valence-corrected chi connectivity index (χ1v) is 9.99. The summed E-state index contributed by atoms with van der Waals surface area (Å²) < 4.78 is 29.5. The minimum absolute atomic E-state index is 0. The number of benzene rings is 3. The second-order valence-electron chi connectivity index (χ2n) is 5.71. The van der Waals surface area contributed by atoms with Gasteiger partial charge in [0.1, 0.15) is 24.2 Å². The van der Waals surface area contributed by atoms with Gasteiger partial charge in [-0.1, -0.05) is 42.5 Å². The van der Waals surface area contributed by atoms with Crippen LogP contribution in [0.1, 0.15) is 1.43 Å². The largest absolute Gasteiger partial charge is 0.496 e. The molecule has 0 aliphatic carbocycles. The van der Waals surface area contributed by atoms with Gasteiger partial charge in [0.05, 0.1) is 23.7 Å². The van der Waals surface area contributed by atoms with Crippen LogP contribution in [-0.2, 0) is 15.3 Å². The van der Waals surface area contributed by atoms with Crippen LogP contribution in [0.4, 0.5) is 0 Å². The van der Waals surface area contributed by atoms with Crippen molar-refractivity contribution < 1.29 is 19.6 Å². The van der Waals surface area contributed by atoms with Crippen LogP contribution >= 0.6 is 9.47 Å². The molecule has 0 fully saturated rings. The molecule has 26 heavy (non-hydrogen) atoms. The van der Waals surface area contributed by atoms with E-state index in [1.165, 1.54) is 0 Å². The molecule has 138 valence electrons. The highest BCUT2D eigenvalue weighted by Crippen LogP contribution is 2.29. The van der Waals surface area contributed by atoms with Gasteiger partial charge in [0.2, 0.25) is 0 Å². The van der Waals surface area contributed by atoms with Gasteiger partial charge in [-0.25, -0.2) is 0 Å². The quantitative estimate of drug-likeness (QED) is 0.531. The van der Waals surface area contributed by atoms with Crippen LogP contribution in [0.3, 0.4) is 0 Å². The Morgan fingerprint density at radius 2 is 1.73 bits per heavy atom. The first-order chi connectivity index (χ1) is 12.7. The summed E-state index contributed by atoms with van der Waals surface area (Å²) in [6.07, 6.45) is -0.304. The highest BCUT2D eigenvalue weighted by Gasteiger charge is 2.17. The molecule has 0 saturated carbocycles. The predicted molar refractivity (Wildman–Crippen MR) is 110 cm³/mol. The van der Waals surface area contributed by atoms with Gasteiger partial charge in [-0.15, -0.1) is 0 Å². The Labute approximate surface area is 159 Å². The van der Waals surface area contributed by atoms with Crippen LogP contribution in [0.5, 0.6) is 11.5 Å². The molecule has 0 aromatic heterocycles. The number of hydrogen-bond acceptors (Lipinski definition) is 4. The highest BCUT2D eigenvalue weighted by molar-refractivity contribution is 7.85. The summed E-state index contributed by atoms with van der Waals surface area (Å²) in [5.74, 6) is 1.87. The molecule has 0 N–H and O–H groups in total. The lowest BCUT2D eigenvalue weighted by molar-refractivity contribution is 0.167. The number of methoxy groups -OCH3 is 1. The zero-order valence-electron chi connectivity index (χ0n) is 14.5. The van der Waals surface area contributed by atoms with E-state index in [2.05, 4.69) is 9.47 Å². The van der Waals surface area contributed by atoms with Crippen molar-refractivity contribution >= 4 is 31.0 Å². The van der Waals surface area contributed by atoms with E-state index < -0.39 is 10.8 Å². The smallest absolute Gasteiger partial charge is 0.126 e. The summed E-state index contributed by atoms with van der Waals surface area (Å²) in [4.78, 5) is 0.771. The van der Waals surface area contributed by atoms with E-state index in [0.717, 1.165) is 27.2 Å². The third-order valence-electron chi connectivity index (χ3n) is 4.02. The average Bonchev–Trinajstić information content (AvgIpc) is 2.70. The van der Waals surface area contributed by atoms with E-state index >= 15 is 0 Å². The van der Waals surface area contributed by atoms with Crippen molar-refractivity contribution in [1.82, 2.24) is 0 Å². The minimum Gasteiger partial charge on any atom is -0.496 e. The van der Waals surface area contributed by atoms with Gasteiger partial charge in [-0.3, -0.25) is 4.21 Å². The Morgan fingerprint density at radius 1 is 1.00 bits per heavy atom. The zero-order valence-corrected chi connectivity index (χ0v) is 16.4. The lowest BCUT2D eigenvalue weighted by Crippen LogP contribution is -2.25. The molecule has 0 amide bonds. The molecule has 0 heterocycles. The second kappa shape index (κ2) is 9.13. The highest BCUT2D eigenvalue weighted by atomic mass is 32.2. The maximum absolute atomic E-state index is 13.0. The lowest BCUT2D eigenvalue weighted by Gasteiger charge is -2.16. The molecular formula is C20H23O4PS. The molecule has 0 saturated heterocycles. The van der Waals surface area contributed by atoms with Gasteiger partial charge in [0.15, 0.2) is 0 Å². The molecule has 6 heteroatoms. The molecule has 3 atom stereocenters. The van der Waals surface area contributed by atoms with Crippen molar-refractivity contribution in [2.24, 2.45) is 0 Å². The number of hydrogen-bond donors (Lipinski definition) is 0. The van der Waals surface area contributed by atoms with Crippen molar-refractivity contribution in [3.8, 4) is 11.5 Å². The Morgan fingerprint density at radius 3 is 2.46 bits per heavy atom. The monoisotopic (exact) mass is 392 g/mol. The molecule has 0 aliphatic rings. The van der Waals surface area contributed by atoms with Crippen molar-refractivity contribution in [2.45, 2.75) is 11.0 Å². The Hall–Kier alpha value is -1.94. The van der Waals surface area contributed by atoms with Crippen LogP contribution < -0.4 is 9.47 Å². The fourth-order valence-corrected chi connectivity index (χ4v) is 4.38. The number of para-hydroxylation sites is 1. The summed E-state index contributed by atoms with van der Waals surface area (Å²) in [5, 5.41) is 1.88. The summed E-state index contributed by atoms with van der Waals surface area (Å²) in [7, 11) is 2.65. The molecular weight excluding hydrogens is 367 g/mol. The van der Waals surface area contributed by atoms with Gasteiger partial charge in [-0.05, 0) is 24.3 Å². The van der Waals surface area contributed by atoms with Crippen LogP contribution in [0, 0.1) is 0 Å². The Balaban J connectivity index is 0.00000261. The van der Waals surface area contributed by atoms with E-state index in [0.29, 0.717) is 12.4 Å². The molecule has 0 aliphatic heterocycles. The third kappa shape index (κ3) is 4.42.